The number of hydrogen-bond acceptors (Lipinski definition) is 4. The number of hydrogen-bond donors (Lipinski definition) is 0. The lowest BCUT2D eigenvalue weighted by atomic mass is 10.0. The van der Waals surface area contributed by atoms with Gasteiger partial charge in [0.25, 0.3) is 0 Å². The van der Waals surface area contributed by atoms with Crippen molar-refractivity contribution in [1.29, 1.82) is 0 Å². The molecule has 0 bridgehead atoms. The summed E-state index contributed by atoms with van der Waals surface area (Å²) in [4.78, 5) is 17.0. The zero-order valence-electron chi connectivity index (χ0n) is 17.6. The molecule has 0 unspecified atom stereocenters. The van der Waals surface area contributed by atoms with Crippen molar-refractivity contribution < 1.29 is 18.7 Å². The topological polar surface area (TPSA) is 42.0 Å². The first kappa shape index (κ1) is 20.7. The average Bonchev–Trinajstić information content (AvgIpc) is 3.08. The van der Waals surface area contributed by atoms with Crippen LogP contribution in [0.3, 0.4) is 0 Å². The number of ether oxygens (including phenoxy) is 2. The van der Waals surface area contributed by atoms with Crippen molar-refractivity contribution in [1.82, 2.24) is 9.80 Å². The van der Waals surface area contributed by atoms with E-state index in [0.29, 0.717) is 19.8 Å². The smallest absolute Gasteiger partial charge is 0.237 e. The van der Waals surface area contributed by atoms with Crippen LogP contribution in [0, 0.1) is 5.82 Å². The molecule has 1 fully saturated rings. The molecule has 0 aliphatic carbocycles. The lowest BCUT2D eigenvalue weighted by Crippen LogP contribution is -2.39. The van der Waals surface area contributed by atoms with Crippen LogP contribution in [0.15, 0.2) is 42.5 Å². The molecule has 2 heterocycles. The van der Waals surface area contributed by atoms with Crippen molar-refractivity contribution in [3.8, 4) is 11.5 Å². The Morgan fingerprint density at radius 3 is 2.63 bits per heavy atom. The molecule has 0 radical (unpaired) electrons. The van der Waals surface area contributed by atoms with Gasteiger partial charge in [0.1, 0.15) is 5.82 Å². The van der Waals surface area contributed by atoms with Gasteiger partial charge in [-0.05, 0) is 61.7 Å². The number of rotatable bonds is 5. The molecule has 1 saturated heterocycles. The summed E-state index contributed by atoms with van der Waals surface area (Å²) in [7, 11) is 1.81. The molecule has 2 aliphatic heterocycles. The van der Waals surface area contributed by atoms with E-state index in [-0.39, 0.29) is 23.8 Å². The van der Waals surface area contributed by atoms with Gasteiger partial charge in [0.15, 0.2) is 11.5 Å². The van der Waals surface area contributed by atoms with Crippen molar-refractivity contribution in [2.45, 2.75) is 38.3 Å². The van der Waals surface area contributed by atoms with E-state index in [1.807, 2.05) is 20.0 Å². The molecule has 30 heavy (non-hydrogen) atoms. The zero-order chi connectivity index (χ0) is 21.1. The molecule has 1 amide bonds. The lowest BCUT2D eigenvalue weighted by molar-refractivity contribution is -0.133. The van der Waals surface area contributed by atoms with Crippen molar-refractivity contribution in [3.05, 3.63) is 59.4 Å². The van der Waals surface area contributed by atoms with Crippen LogP contribution >= 0.6 is 0 Å². The second-order valence-electron chi connectivity index (χ2n) is 8.12. The summed E-state index contributed by atoms with van der Waals surface area (Å²) < 4.78 is 24.8. The Kier molecular flexibility index (Phi) is 6.23. The zero-order valence-corrected chi connectivity index (χ0v) is 17.6. The molecule has 2 aromatic rings. The molecule has 0 aromatic heterocycles. The summed E-state index contributed by atoms with van der Waals surface area (Å²) in [5.41, 5.74) is 2.09. The highest BCUT2D eigenvalue weighted by molar-refractivity contribution is 5.78. The van der Waals surface area contributed by atoms with Gasteiger partial charge in [0.05, 0.1) is 25.8 Å². The van der Waals surface area contributed by atoms with E-state index >= 15 is 0 Å². The van der Waals surface area contributed by atoms with E-state index in [2.05, 4.69) is 17.0 Å². The number of carbonyl (C=O) groups excluding carboxylic acids is 1. The highest BCUT2D eigenvalue weighted by Gasteiger charge is 2.30. The minimum absolute atomic E-state index is 0.0630. The van der Waals surface area contributed by atoms with Crippen LogP contribution in [0.5, 0.6) is 11.5 Å². The average molecular weight is 413 g/mol. The Morgan fingerprint density at radius 2 is 1.87 bits per heavy atom. The quantitative estimate of drug-likeness (QED) is 0.733. The predicted molar refractivity (Wildman–Crippen MR) is 113 cm³/mol. The molecule has 0 spiro atoms. The number of carbonyl (C=O) groups is 1. The van der Waals surface area contributed by atoms with Gasteiger partial charge >= 0.3 is 0 Å². The molecule has 160 valence electrons. The highest BCUT2D eigenvalue weighted by Crippen LogP contribution is 2.38. The molecular formula is C24H29FN2O3. The largest absolute Gasteiger partial charge is 0.490 e. The highest BCUT2D eigenvalue weighted by atomic mass is 19.1. The number of fused-ring (bicyclic) bond motifs is 1. The van der Waals surface area contributed by atoms with Gasteiger partial charge in [-0.2, -0.15) is 0 Å². The van der Waals surface area contributed by atoms with E-state index in [1.54, 1.807) is 17.0 Å². The number of likely N-dealkylation sites (N-methyl/N-ethyl adjacent to an activating group) is 1. The summed E-state index contributed by atoms with van der Waals surface area (Å²) >= 11 is 0. The van der Waals surface area contributed by atoms with Gasteiger partial charge in [-0.3, -0.25) is 9.69 Å². The van der Waals surface area contributed by atoms with Gasteiger partial charge in [0.2, 0.25) is 5.91 Å². The first-order chi connectivity index (χ1) is 14.5. The lowest BCUT2D eigenvalue weighted by Gasteiger charge is -2.30. The van der Waals surface area contributed by atoms with Gasteiger partial charge in [-0.1, -0.05) is 18.2 Å². The van der Waals surface area contributed by atoms with Crippen molar-refractivity contribution in [2.75, 3.05) is 33.4 Å². The first-order valence-corrected chi connectivity index (χ1v) is 10.7. The molecule has 2 aliphatic rings. The molecule has 6 heteroatoms. The Labute approximate surface area is 177 Å². The SMILES string of the molecule is C[C@@H](c1ccc(F)cc1)N(C)C(=O)CN1CCC[C@H]1c1ccc2c(c1)OCCCO2. The Hall–Kier alpha value is -2.60. The number of benzene rings is 2. The third kappa shape index (κ3) is 4.43. The standard InChI is InChI=1S/C24H29FN2O3/c1-17(18-6-9-20(25)10-7-18)26(2)24(28)16-27-12-3-5-21(27)19-8-11-22-23(15-19)30-14-4-13-29-22/h6-11,15,17,21H,3-5,12-14,16H2,1-2H3/t17-,21-/m0/s1. The maximum absolute atomic E-state index is 13.2. The molecule has 4 rings (SSSR count). The van der Waals surface area contributed by atoms with E-state index < -0.39 is 0 Å². The fourth-order valence-electron chi connectivity index (χ4n) is 4.25. The summed E-state index contributed by atoms with van der Waals surface area (Å²) in [5, 5.41) is 0. The summed E-state index contributed by atoms with van der Waals surface area (Å²) in [6.45, 7) is 4.56. The Bertz CT molecular complexity index is 887. The second-order valence-corrected chi connectivity index (χ2v) is 8.12. The van der Waals surface area contributed by atoms with E-state index in [4.69, 9.17) is 9.47 Å². The molecular weight excluding hydrogens is 383 g/mol. The van der Waals surface area contributed by atoms with Gasteiger partial charge in [-0.25, -0.2) is 4.39 Å². The summed E-state index contributed by atoms with van der Waals surface area (Å²) in [6.07, 6.45) is 2.96. The van der Waals surface area contributed by atoms with Crippen LogP contribution in [0.1, 0.15) is 49.4 Å². The summed E-state index contributed by atoms with van der Waals surface area (Å²) in [6, 6.07) is 12.6. The fraction of sp³-hybridized carbons (Fsp3) is 0.458. The number of halogens is 1. The van der Waals surface area contributed by atoms with Crippen LogP contribution in [-0.2, 0) is 4.79 Å². The monoisotopic (exact) mass is 412 g/mol. The van der Waals surface area contributed by atoms with E-state index in [1.165, 1.54) is 17.7 Å². The molecule has 5 nitrogen and oxygen atoms in total. The maximum Gasteiger partial charge on any atom is 0.237 e. The van der Waals surface area contributed by atoms with Crippen molar-refractivity contribution in [3.63, 3.8) is 0 Å². The molecule has 2 atom stereocenters. The van der Waals surface area contributed by atoms with E-state index in [9.17, 15) is 9.18 Å². The number of nitrogens with zero attached hydrogens (tertiary/aromatic N) is 2. The first-order valence-electron chi connectivity index (χ1n) is 10.7. The Morgan fingerprint density at radius 1 is 1.13 bits per heavy atom. The maximum atomic E-state index is 13.2. The van der Waals surface area contributed by atoms with Gasteiger partial charge in [0, 0.05) is 19.5 Å². The van der Waals surface area contributed by atoms with Crippen LogP contribution in [0.25, 0.3) is 0 Å². The molecule has 0 saturated carbocycles. The minimum atomic E-state index is -0.269. The summed E-state index contributed by atoms with van der Waals surface area (Å²) in [5.74, 6) is 1.39. The second kappa shape index (κ2) is 9.04. The minimum Gasteiger partial charge on any atom is -0.490 e. The number of amides is 1. The molecule has 0 N–H and O–H groups in total. The number of likely N-dealkylation sites (tertiary alicyclic amines) is 1. The van der Waals surface area contributed by atoms with Crippen LogP contribution in [-0.4, -0.2) is 49.1 Å². The van der Waals surface area contributed by atoms with Gasteiger partial charge in [-0.15, -0.1) is 0 Å². The predicted octanol–water partition coefficient (Wildman–Crippen LogP) is 4.34. The van der Waals surface area contributed by atoms with Crippen molar-refractivity contribution in [2.24, 2.45) is 0 Å². The van der Waals surface area contributed by atoms with E-state index in [0.717, 1.165) is 42.9 Å². The van der Waals surface area contributed by atoms with Crippen LogP contribution in [0.4, 0.5) is 4.39 Å². The third-order valence-electron chi connectivity index (χ3n) is 6.19. The fourth-order valence-corrected chi connectivity index (χ4v) is 4.25. The van der Waals surface area contributed by atoms with Crippen LogP contribution in [0.2, 0.25) is 0 Å². The Balaban J connectivity index is 1.44. The van der Waals surface area contributed by atoms with Crippen LogP contribution < -0.4 is 9.47 Å². The molecule has 2 aromatic carbocycles. The third-order valence-corrected chi connectivity index (χ3v) is 6.19. The van der Waals surface area contributed by atoms with Gasteiger partial charge < -0.3 is 14.4 Å². The normalized spacial score (nSPS) is 19.9. The van der Waals surface area contributed by atoms with Crippen molar-refractivity contribution >= 4 is 5.91 Å².